The molecule has 0 radical (unpaired) electrons. The number of H-pyrrole nitrogens is 1. The molecule has 5 nitrogen and oxygen atoms in total. The molecule has 1 aromatic heterocycles. The average Bonchev–Trinajstić information content (AvgIpc) is 3.19. The molecule has 24 heavy (non-hydrogen) atoms. The molecule has 1 aliphatic heterocycles. The number of benzene rings is 1. The van der Waals surface area contributed by atoms with Gasteiger partial charge in [-0.15, -0.1) is 0 Å². The van der Waals surface area contributed by atoms with Crippen LogP contribution < -0.4 is 5.32 Å². The number of nitrogens with zero attached hydrogens (tertiary/aromatic N) is 2. The van der Waals surface area contributed by atoms with Crippen LogP contribution in [0.2, 0.25) is 0 Å². The van der Waals surface area contributed by atoms with Gasteiger partial charge in [-0.2, -0.15) is 5.10 Å². The lowest BCUT2D eigenvalue weighted by Gasteiger charge is -2.34. The first kappa shape index (κ1) is 15.4. The van der Waals surface area contributed by atoms with Gasteiger partial charge in [0.25, 0.3) is 5.91 Å². The van der Waals surface area contributed by atoms with Crippen LogP contribution in [0.25, 0.3) is 0 Å². The largest absolute Gasteiger partial charge is 0.348 e. The average molecular weight is 324 g/mol. The van der Waals surface area contributed by atoms with Crippen molar-refractivity contribution in [3.05, 3.63) is 53.9 Å². The van der Waals surface area contributed by atoms with Crippen molar-refractivity contribution in [3.8, 4) is 0 Å². The van der Waals surface area contributed by atoms with Crippen molar-refractivity contribution < 1.29 is 4.79 Å². The molecule has 1 saturated carbocycles. The minimum atomic E-state index is -0.0473. The summed E-state index contributed by atoms with van der Waals surface area (Å²) >= 11 is 0. The molecule has 1 amide bonds. The van der Waals surface area contributed by atoms with Gasteiger partial charge in [0, 0.05) is 37.3 Å². The second-order valence-corrected chi connectivity index (χ2v) is 7.14. The summed E-state index contributed by atoms with van der Waals surface area (Å²) < 4.78 is 0. The van der Waals surface area contributed by atoms with Gasteiger partial charge in [-0.25, -0.2) is 0 Å². The minimum Gasteiger partial charge on any atom is -0.348 e. The number of carbonyl (C=O) groups excluding carboxylic acids is 1. The Morgan fingerprint density at radius 1 is 1.21 bits per heavy atom. The predicted octanol–water partition coefficient (Wildman–Crippen LogP) is 2.34. The second kappa shape index (κ2) is 6.40. The third-order valence-corrected chi connectivity index (χ3v) is 5.43. The minimum absolute atomic E-state index is 0.0473. The van der Waals surface area contributed by atoms with Crippen LogP contribution in [-0.2, 0) is 5.41 Å². The number of likely N-dealkylation sites (tertiary alicyclic amines) is 1. The highest BCUT2D eigenvalue weighted by Gasteiger charge is 2.45. The van der Waals surface area contributed by atoms with Crippen molar-refractivity contribution in [2.24, 2.45) is 0 Å². The number of hydrogen-bond donors (Lipinski definition) is 2. The maximum atomic E-state index is 12.1. The monoisotopic (exact) mass is 324 g/mol. The standard InChI is InChI=1S/C19H24N4O/c24-18(17-6-11-20-22-17)21-16-7-12-23(13-8-16)14-19(9-10-19)15-4-2-1-3-5-15/h1-6,11,16H,7-10,12-14H2,(H,20,22)(H,21,24). The zero-order valence-corrected chi connectivity index (χ0v) is 13.9. The quantitative estimate of drug-likeness (QED) is 0.887. The Balaban J connectivity index is 1.28. The van der Waals surface area contributed by atoms with Crippen molar-refractivity contribution in [3.63, 3.8) is 0 Å². The Kier molecular flexibility index (Phi) is 4.10. The van der Waals surface area contributed by atoms with E-state index in [-0.39, 0.29) is 11.9 Å². The number of amides is 1. The van der Waals surface area contributed by atoms with Gasteiger partial charge in [-0.1, -0.05) is 30.3 Å². The number of nitrogens with one attached hydrogen (secondary N) is 2. The Labute approximate surface area is 142 Å². The Hall–Kier alpha value is -2.14. The Bertz CT molecular complexity index is 671. The van der Waals surface area contributed by atoms with Gasteiger partial charge < -0.3 is 10.2 Å². The van der Waals surface area contributed by atoms with Gasteiger partial charge in [0.1, 0.15) is 5.69 Å². The lowest BCUT2D eigenvalue weighted by molar-refractivity contribution is 0.0903. The highest BCUT2D eigenvalue weighted by atomic mass is 16.2. The second-order valence-electron chi connectivity index (χ2n) is 7.14. The molecule has 2 heterocycles. The molecule has 2 aliphatic rings. The van der Waals surface area contributed by atoms with E-state index in [1.165, 1.54) is 18.4 Å². The van der Waals surface area contributed by atoms with E-state index in [0.717, 1.165) is 32.5 Å². The molecule has 126 valence electrons. The van der Waals surface area contributed by atoms with Crippen molar-refractivity contribution in [2.75, 3.05) is 19.6 Å². The number of aromatic nitrogens is 2. The van der Waals surface area contributed by atoms with E-state index in [1.807, 2.05) is 0 Å². The zero-order chi connectivity index (χ0) is 16.4. The fourth-order valence-corrected chi connectivity index (χ4v) is 3.79. The van der Waals surface area contributed by atoms with E-state index in [2.05, 4.69) is 50.7 Å². The van der Waals surface area contributed by atoms with Gasteiger partial charge in [0.15, 0.2) is 0 Å². The highest BCUT2D eigenvalue weighted by Crippen LogP contribution is 2.48. The molecule has 2 aromatic rings. The molecule has 0 spiro atoms. The van der Waals surface area contributed by atoms with Crippen LogP contribution in [0.4, 0.5) is 0 Å². The first-order chi connectivity index (χ1) is 11.8. The summed E-state index contributed by atoms with van der Waals surface area (Å²) in [6.07, 6.45) is 6.24. The molecule has 0 unspecified atom stereocenters. The molecular weight excluding hydrogens is 300 g/mol. The number of carbonyl (C=O) groups is 1. The number of piperidine rings is 1. The lowest BCUT2D eigenvalue weighted by atomic mass is 9.94. The summed E-state index contributed by atoms with van der Waals surface area (Å²) in [6.45, 7) is 3.27. The first-order valence-electron chi connectivity index (χ1n) is 8.83. The van der Waals surface area contributed by atoms with E-state index in [1.54, 1.807) is 12.3 Å². The molecular formula is C19H24N4O. The van der Waals surface area contributed by atoms with E-state index < -0.39 is 0 Å². The normalized spacial score (nSPS) is 20.7. The summed E-state index contributed by atoms with van der Waals surface area (Å²) in [6, 6.07) is 12.9. The topological polar surface area (TPSA) is 61.0 Å². The molecule has 2 fully saturated rings. The van der Waals surface area contributed by atoms with Crippen LogP contribution in [0.15, 0.2) is 42.6 Å². The molecule has 1 saturated heterocycles. The third-order valence-electron chi connectivity index (χ3n) is 5.43. The van der Waals surface area contributed by atoms with Crippen LogP contribution in [0.3, 0.4) is 0 Å². The Morgan fingerprint density at radius 2 is 1.96 bits per heavy atom. The predicted molar refractivity (Wildman–Crippen MR) is 92.9 cm³/mol. The number of aromatic amines is 1. The zero-order valence-electron chi connectivity index (χ0n) is 13.9. The van der Waals surface area contributed by atoms with Crippen LogP contribution >= 0.6 is 0 Å². The molecule has 5 heteroatoms. The van der Waals surface area contributed by atoms with Gasteiger partial charge in [0.05, 0.1) is 0 Å². The van der Waals surface area contributed by atoms with E-state index in [4.69, 9.17) is 0 Å². The van der Waals surface area contributed by atoms with Gasteiger partial charge in [-0.05, 0) is 37.3 Å². The van der Waals surface area contributed by atoms with Crippen LogP contribution in [0.5, 0.6) is 0 Å². The Morgan fingerprint density at radius 3 is 2.58 bits per heavy atom. The lowest BCUT2D eigenvalue weighted by Crippen LogP contribution is -2.46. The summed E-state index contributed by atoms with van der Waals surface area (Å²) in [5, 5.41) is 9.67. The smallest absolute Gasteiger partial charge is 0.269 e. The van der Waals surface area contributed by atoms with Crippen LogP contribution in [-0.4, -0.2) is 46.7 Å². The number of rotatable bonds is 5. The van der Waals surface area contributed by atoms with Crippen LogP contribution in [0, 0.1) is 0 Å². The summed E-state index contributed by atoms with van der Waals surface area (Å²) in [5.74, 6) is -0.0473. The van der Waals surface area contributed by atoms with E-state index >= 15 is 0 Å². The van der Waals surface area contributed by atoms with E-state index in [9.17, 15) is 4.79 Å². The molecule has 4 rings (SSSR count). The van der Waals surface area contributed by atoms with Crippen molar-refractivity contribution in [2.45, 2.75) is 37.1 Å². The fourth-order valence-electron chi connectivity index (χ4n) is 3.79. The van der Waals surface area contributed by atoms with Gasteiger partial charge in [-0.3, -0.25) is 9.89 Å². The molecule has 1 aromatic carbocycles. The molecule has 2 N–H and O–H groups in total. The number of hydrogen-bond acceptors (Lipinski definition) is 3. The van der Waals surface area contributed by atoms with Crippen LogP contribution in [0.1, 0.15) is 41.7 Å². The van der Waals surface area contributed by atoms with Crippen molar-refractivity contribution >= 4 is 5.91 Å². The van der Waals surface area contributed by atoms with E-state index in [0.29, 0.717) is 11.1 Å². The van der Waals surface area contributed by atoms with Gasteiger partial charge in [0.2, 0.25) is 0 Å². The maximum absolute atomic E-state index is 12.1. The van der Waals surface area contributed by atoms with Gasteiger partial charge >= 0.3 is 0 Å². The van der Waals surface area contributed by atoms with Crippen molar-refractivity contribution in [1.29, 1.82) is 0 Å². The summed E-state index contributed by atoms with van der Waals surface area (Å²) in [7, 11) is 0. The highest BCUT2D eigenvalue weighted by molar-refractivity contribution is 5.92. The summed E-state index contributed by atoms with van der Waals surface area (Å²) in [5.41, 5.74) is 2.41. The molecule has 0 atom stereocenters. The first-order valence-corrected chi connectivity index (χ1v) is 8.83. The van der Waals surface area contributed by atoms with Crippen molar-refractivity contribution in [1.82, 2.24) is 20.4 Å². The maximum Gasteiger partial charge on any atom is 0.269 e. The third kappa shape index (κ3) is 3.22. The fraction of sp³-hybridized carbons (Fsp3) is 0.474. The molecule has 1 aliphatic carbocycles. The summed E-state index contributed by atoms with van der Waals surface area (Å²) in [4.78, 5) is 14.7. The molecule has 0 bridgehead atoms. The SMILES string of the molecule is O=C(NC1CCN(CC2(c3ccccc3)CC2)CC1)c1ccn[nH]1.